The minimum atomic E-state index is -0.437. The number of hydrogen-bond donors (Lipinski definition) is 2. The first kappa shape index (κ1) is 15.8. The maximum absolute atomic E-state index is 12.2. The van der Waals surface area contributed by atoms with Gasteiger partial charge in [0, 0.05) is 12.1 Å². The summed E-state index contributed by atoms with van der Waals surface area (Å²) in [7, 11) is 0. The summed E-state index contributed by atoms with van der Waals surface area (Å²) in [5, 5.41) is 5.91. The Balaban J connectivity index is 1.47. The van der Waals surface area contributed by atoms with Crippen LogP contribution in [0.5, 0.6) is 0 Å². The first-order chi connectivity index (χ1) is 10.5. The lowest BCUT2D eigenvalue weighted by Crippen LogP contribution is -2.51. The Labute approximate surface area is 133 Å². The molecule has 0 aromatic heterocycles. The number of carbonyl (C=O) groups is 2. The monoisotopic (exact) mass is 306 g/mol. The SMILES string of the molecule is CC1CCCCC1NC(=O)C(=O)NC(C)C1CC2CCC1C2. The van der Waals surface area contributed by atoms with Crippen molar-refractivity contribution in [2.24, 2.45) is 23.7 Å². The largest absolute Gasteiger partial charge is 0.345 e. The van der Waals surface area contributed by atoms with Crippen molar-refractivity contribution in [3.05, 3.63) is 0 Å². The number of rotatable bonds is 3. The van der Waals surface area contributed by atoms with Gasteiger partial charge in [-0.25, -0.2) is 0 Å². The van der Waals surface area contributed by atoms with Gasteiger partial charge in [0.15, 0.2) is 0 Å². The van der Waals surface area contributed by atoms with E-state index in [2.05, 4.69) is 24.5 Å². The molecule has 3 rings (SSSR count). The van der Waals surface area contributed by atoms with Gasteiger partial charge in [-0.3, -0.25) is 9.59 Å². The van der Waals surface area contributed by atoms with E-state index in [4.69, 9.17) is 0 Å². The van der Waals surface area contributed by atoms with E-state index in [0.29, 0.717) is 11.8 Å². The third-order valence-corrected chi connectivity index (χ3v) is 6.43. The van der Waals surface area contributed by atoms with Gasteiger partial charge >= 0.3 is 11.8 Å². The molecule has 22 heavy (non-hydrogen) atoms. The normalized spacial score (nSPS) is 38.5. The molecule has 0 radical (unpaired) electrons. The molecule has 0 aliphatic heterocycles. The fraction of sp³-hybridized carbons (Fsp3) is 0.889. The smallest absolute Gasteiger partial charge is 0.309 e. The number of hydrogen-bond acceptors (Lipinski definition) is 2. The molecule has 6 unspecified atom stereocenters. The van der Waals surface area contributed by atoms with Crippen molar-refractivity contribution in [1.29, 1.82) is 0 Å². The minimum Gasteiger partial charge on any atom is -0.345 e. The Morgan fingerprint density at radius 2 is 1.77 bits per heavy atom. The third kappa shape index (κ3) is 3.31. The van der Waals surface area contributed by atoms with E-state index in [0.717, 1.165) is 31.1 Å². The molecule has 2 bridgehead atoms. The fourth-order valence-corrected chi connectivity index (χ4v) is 5.05. The Bertz CT molecular complexity index is 437. The minimum absolute atomic E-state index is 0.123. The van der Waals surface area contributed by atoms with Gasteiger partial charge < -0.3 is 10.6 Å². The van der Waals surface area contributed by atoms with Crippen LogP contribution in [-0.2, 0) is 9.59 Å². The molecule has 0 aromatic carbocycles. The van der Waals surface area contributed by atoms with Gasteiger partial charge in [0.25, 0.3) is 0 Å². The zero-order valence-electron chi connectivity index (χ0n) is 13.9. The highest BCUT2D eigenvalue weighted by Gasteiger charge is 2.42. The van der Waals surface area contributed by atoms with Gasteiger partial charge in [0.1, 0.15) is 0 Å². The lowest BCUT2D eigenvalue weighted by Gasteiger charge is -2.30. The summed E-state index contributed by atoms with van der Waals surface area (Å²) in [6.45, 7) is 4.24. The number of fused-ring (bicyclic) bond motifs is 2. The molecule has 3 fully saturated rings. The quantitative estimate of drug-likeness (QED) is 0.788. The molecule has 2 N–H and O–H groups in total. The van der Waals surface area contributed by atoms with Crippen molar-refractivity contribution < 1.29 is 9.59 Å². The van der Waals surface area contributed by atoms with Crippen molar-refractivity contribution in [3.8, 4) is 0 Å². The molecule has 6 atom stereocenters. The average Bonchev–Trinajstić information content (AvgIpc) is 3.12. The highest BCUT2D eigenvalue weighted by atomic mass is 16.2. The molecule has 3 aliphatic carbocycles. The predicted molar refractivity (Wildman–Crippen MR) is 86.1 cm³/mol. The lowest BCUT2D eigenvalue weighted by molar-refractivity contribution is -0.140. The van der Waals surface area contributed by atoms with Gasteiger partial charge in [-0.1, -0.05) is 26.2 Å². The van der Waals surface area contributed by atoms with Gasteiger partial charge in [-0.2, -0.15) is 0 Å². The van der Waals surface area contributed by atoms with Crippen LogP contribution in [0, 0.1) is 23.7 Å². The molecule has 4 heteroatoms. The molecular weight excluding hydrogens is 276 g/mol. The van der Waals surface area contributed by atoms with Crippen LogP contribution in [0.25, 0.3) is 0 Å². The van der Waals surface area contributed by atoms with Crippen molar-refractivity contribution in [2.75, 3.05) is 0 Å². The second-order valence-electron chi connectivity index (χ2n) is 7.94. The number of carbonyl (C=O) groups excluding carboxylic acids is 2. The topological polar surface area (TPSA) is 58.2 Å². The summed E-state index contributed by atoms with van der Waals surface area (Å²) in [4.78, 5) is 24.3. The van der Waals surface area contributed by atoms with E-state index in [9.17, 15) is 9.59 Å². The standard InChI is InChI=1S/C18H30N2O2/c1-11-5-3-4-6-16(11)20-18(22)17(21)19-12(2)15-10-13-7-8-14(15)9-13/h11-16H,3-10H2,1-2H3,(H,19,21)(H,20,22). The van der Waals surface area contributed by atoms with Crippen molar-refractivity contribution >= 4 is 11.8 Å². The van der Waals surface area contributed by atoms with Crippen LogP contribution in [0.4, 0.5) is 0 Å². The van der Waals surface area contributed by atoms with Gasteiger partial charge in [0.05, 0.1) is 0 Å². The summed E-state index contributed by atoms with van der Waals surface area (Å²) in [6, 6.07) is 0.294. The highest BCUT2D eigenvalue weighted by Crippen LogP contribution is 2.49. The molecule has 124 valence electrons. The molecule has 0 spiro atoms. The van der Waals surface area contributed by atoms with Crippen LogP contribution in [0.3, 0.4) is 0 Å². The van der Waals surface area contributed by atoms with E-state index in [1.807, 2.05) is 0 Å². The third-order valence-electron chi connectivity index (χ3n) is 6.43. The van der Waals surface area contributed by atoms with E-state index in [-0.39, 0.29) is 12.1 Å². The van der Waals surface area contributed by atoms with Gasteiger partial charge in [0.2, 0.25) is 0 Å². The van der Waals surface area contributed by atoms with E-state index >= 15 is 0 Å². The molecular formula is C18H30N2O2. The lowest BCUT2D eigenvalue weighted by atomic mass is 9.84. The van der Waals surface area contributed by atoms with Crippen LogP contribution < -0.4 is 10.6 Å². The molecule has 4 nitrogen and oxygen atoms in total. The van der Waals surface area contributed by atoms with E-state index in [1.165, 1.54) is 32.1 Å². The Kier molecular flexibility index (Phi) is 4.74. The van der Waals surface area contributed by atoms with Gasteiger partial charge in [-0.05, 0) is 62.7 Å². The van der Waals surface area contributed by atoms with Crippen LogP contribution in [0.1, 0.15) is 65.2 Å². The Hall–Kier alpha value is -1.06. The summed E-state index contributed by atoms with van der Waals surface area (Å²) in [5.41, 5.74) is 0. The Morgan fingerprint density at radius 3 is 2.41 bits per heavy atom. The maximum atomic E-state index is 12.2. The van der Waals surface area contributed by atoms with Crippen LogP contribution in [-0.4, -0.2) is 23.9 Å². The van der Waals surface area contributed by atoms with Crippen molar-refractivity contribution in [2.45, 2.75) is 77.3 Å². The number of nitrogens with one attached hydrogen (secondary N) is 2. The second-order valence-corrected chi connectivity index (χ2v) is 7.94. The summed E-state index contributed by atoms with van der Waals surface area (Å²) >= 11 is 0. The molecule has 2 amide bonds. The van der Waals surface area contributed by atoms with Crippen LogP contribution in [0.2, 0.25) is 0 Å². The first-order valence-electron chi connectivity index (χ1n) is 9.16. The molecule has 3 aliphatic rings. The van der Waals surface area contributed by atoms with E-state index < -0.39 is 11.8 Å². The number of amides is 2. The second kappa shape index (κ2) is 6.59. The van der Waals surface area contributed by atoms with Crippen LogP contribution >= 0.6 is 0 Å². The predicted octanol–water partition coefficient (Wildman–Crippen LogP) is 2.62. The zero-order valence-corrected chi connectivity index (χ0v) is 13.9. The van der Waals surface area contributed by atoms with Crippen molar-refractivity contribution in [3.63, 3.8) is 0 Å². The average molecular weight is 306 g/mol. The molecule has 0 heterocycles. The summed E-state index contributed by atoms with van der Waals surface area (Å²) in [6.07, 6.45) is 9.77. The first-order valence-corrected chi connectivity index (χ1v) is 9.16. The van der Waals surface area contributed by atoms with Gasteiger partial charge in [-0.15, -0.1) is 0 Å². The highest BCUT2D eigenvalue weighted by molar-refractivity contribution is 6.35. The zero-order chi connectivity index (χ0) is 15.7. The maximum Gasteiger partial charge on any atom is 0.309 e. The molecule has 0 saturated heterocycles. The molecule has 0 aromatic rings. The Morgan fingerprint density at radius 1 is 1.00 bits per heavy atom. The van der Waals surface area contributed by atoms with Crippen molar-refractivity contribution in [1.82, 2.24) is 10.6 Å². The van der Waals surface area contributed by atoms with E-state index in [1.54, 1.807) is 0 Å². The summed E-state index contributed by atoms with van der Waals surface area (Å²) in [5.74, 6) is 1.81. The summed E-state index contributed by atoms with van der Waals surface area (Å²) < 4.78 is 0. The molecule has 3 saturated carbocycles. The van der Waals surface area contributed by atoms with Crippen LogP contribution in [0.15, 0.2) is 0 Å². The fourth-order valence-electron chi connectivity index (χ4n) is 5.05.